The van der Waals surface area contributed by atoms with E-state index in [-0.39, 0.29) is 23.7 Å². The lowest BCUT2D eigenvalue weighted by molar-refractivity contribution is -0.187. The highest BCUT2D eigenvalue weighted by molar-refractivity contribution is 5.88. The molecule has 1 fully saturated rings. The van der Waals surface area contributed by atoms with Crippen LogP contribution in [0.3, 0.4) is 0 Å². The van der Waals surface area contributed by atoms with Crippen molar-refractivity contribution in [1.29, 1.82) is 0 Å². The van der Waals surface area contributed by atoms with E-state index < -0.39 is 12.2 Å². The summed E-state index contributed by atoms with van der Waals surface area (Å²) in [5.74, 6) is -0.306. The van der Waals surface area contributed by atoms with Gasteiger partial charge in [-0.2, -0.15) is 13.2 Å². The van der Waals surface area contributed by atoms with E-state index in [0.717, 1.165) is 0 Å². The Kier molecular flexibility index (Phi) is 5.39. The number of phenolic OH excluding ortho intramolecular Hbond substituents is 1. The van der Waals surface area contributed by atoms with Gasteiger partial charge >= 0.3 is 6.18 Å². The monoisotopic (exact) mass is 346 g/mol. The third-order valence-corrected chi connectivity index (χ3v) is 4.05. The Morgan fingerprint density at radius 3 is 2.35 bits per heavy atom. The molecular weight excluding hydrogens is 329 g/mol. The molecule has 0 saturated carbocycles. The van der Waals surface area contributed by atoms with Crippen molar-refractivity contribution >= 4 is 23.2 Å². The number of alkyl halides is 3. The summed E-state index contributed by atoms with van der Waals surface area (Å²) in [6.07, 6.45) is -4.45. The van der Waals surface area contributed by atoms with Crippen LogP contribution in [0.25, 0.3) is 10.8 Å². The first-order chi connectivity index (χ1) is 10.5. The van der Waals surface area contributed by atoms with E-state index in [4.69, 9.17) is 0 Å². The quantitative estimate of drug-likeness (QED) is 0.874. The molecule has 1 aliphatic heterocycles. The molecule has 2 aromatic rings. The fourth-order valence-electron chi connectivity index (χ4n) is 3.07. The maximum Gasteiger partial charge on any atom is 0.408 e. The van der Waals surface area contributed by atoms with Gasteiger partial charge in [0.05, 0.1) is 0 Å². The SMILES string of the molecule is Cl.Oc1ccc2ccccc2c1[C@@H](N1CCNCC1)C(F)(F)F. The summed E-state index contributed by atoms with van der Waals surface area (Å²) in [7, 11) is 0. The molecule has 7 heteroatoms. The summed E-state index contributed by atoms with van der Waals surface area (Å²) in [4.78, 5) is 1.39. The largest absolute Gasteiger partial charge is 0.508 e. The van der Waals surface area contributed by atoms with Crippen LogP contribution in [0.4, 0.5) is 13.2 Å². The zero-order chi connectivity index (χ0) is 15.7. The predicted molar refractivity (Wildman–Crippen MR) is 86.1 cm³/mol. The lowest BCUT2D eigenvalue weighted by atomic mass is 9.95. The number of hydrogen-bond donors (Lipinski definition) is 2. The molecule has 1 atom stereocenters. The minimum absolute atomic E-state index is 0. The second-order valence-corrected chi connectivity index (χ2v) is 5.45. The minimum atomic E-state index is -4.45. The predicted octanol–water partition coefficient (Wildman–Crippen LogP) is 3.48. The number of nitrogens with one attached hydrogen (secondary N) is 1. The Morgan fingerprint density at radius 2 is 1.70 bits per heavy atom. The number of benzene rings is 2. The number of fused-ring (bicyclic) bond motifs is 1. The highest BCUT2D eigenvalue weighted by Gasteiger charge is 2.46. The second kappa shape index (κ2) is 6.95. The Balaban J connectivity index is 0.00000192. The Bertz CT molecular complexity index is 672. The summed E-state index contributed by atoms with van der Waals surface area (Å²) in [5.41, 5.74) is -0.0486. The minimum Gasteiger partial charge on any atom is -0.508 e. The summed E-state index contributed by atoms with van der Waals surface area (Å²) in [6.45, 7) is 1.62. The number of halogens is 4. The standard InChI is InChI=1S/C16H17F3N2O.ClH/c17-16(18,19)15(21-9-7-20-8-10-21)14-12-4-2-1-3-11(12)5-6-13(14)22;/h1-6,15,20,22H,7-10H2;1H/t15-;/m1./s1. The molecule has 1 aliphatic rings. The van der Waals surface area contributed by atoms with E-state index in [2.05, 4.69) is 5.32 Å². The van der Waals surface area contributed by atoms with E-state index in [9.17, 15) is 18.3 Å². The maximum atomic E-state index is 13.7. The third kappa shape index (κ3) is 3.54. The molecule has 1 heterocycles. The van der Waals surface area contributed by atoms with E-state index in [1.807, 2.05) is 0 Å². The fourth-order valence-corrected chi connectivity index (χ4v) is 3.07. The van der Waals surface area contributed by atoms with Gasteiger partial charge in [-0.05, 0) is 16.8 Å². The Hall–Kier alpha value is -1.50. The molecular formula is C16H18ClF3N2O. The fraction of sp³-hybridized carbons (Fsp3) is 0.375. The lowest BCUT2D eigenvalue weighted by Crippen LogP contribution is -2.49. The molecule has 0 unspecified atom stereocenters. The molecule has 2 aromatic carbocycles. The van der Waals surface area contributed by atoms with Crippen LogP contribution >= 0.6 is 12.4 Å². The molecule has 0 aromatic heterocycles. The zero-order valence-electron chi connectivity index (χ0n) is 12.3. The first kappa shape index (κ1) is 17.8. The number of piperazine rings is 1. The van der Waals surface area contributed by atoms with Crippen LogP contribution in [0, 0.1) is 0 Å². The van der Waals surface area contributed by atoms with Gasteiger partial charge in [0.25, 0.3) is 0 Å². The average molecular weight is 347 g/mol. The van der Waals surface area contributed by atoms with E-state index in [1.165, 1.54) is 11.0 Å². The van der Waals surface area contributed by atoms with Crippen LogP contribution in [0.1, 0.15) is 11.6 Å². The van der Waals surface area contributed by atoms with Gasteiger partial charge in [-0.15, -0.1) is 12.4 Å². The van der Waals surface area contributed by atoms with E-state index in [1.54, 1.807) is 30.3 Å². The number of aromatic hydroxyl groups is 1. The Labute approximate surface area is 138 Å². The molecule has 0 spiro atoms. The van der Waals surface area contributed by atoms with Crippen LogP contribution in [0.15, 0.2) is 36.4 Å². The highest BCUT2D eigenvalue weighted by Crippen LogP contribution is 2.44. The average Bonchev–Trinajstić information content (AvgIpc) is 2.50. The summed E-state index contributed by atoms with van der Waals surface area (Å²) in [5, 5.41) is 14.3. The number of phenols is 1. The van der Waals surface area contributed by atoms with Crippen molar-refractivity contribution in [3.63, 3.8) is 0 Å². The number of hydrogen-bond acceptors (Lipinski definition) is 3. The van der Waals surface area contributed by atoms with Crippen molar-refractivity contribution in [2.75, 3.05) is 26.2 Å². The van der Waals surface area contributed by atoms with Gasteiger partial charge in [0.2, 0.25) is 0 Å². The van der Waals surface area contributed by atoms with Gasteiger partial charge in [0, 0.05) is 31.7 Å². The summed E-state index contributed by atoms with van der Waals surface area (Å²) >= 11 is 0. The molecule has 1 saturated heterocycles. The lowest BCUT2D eigenvalue weighted by Gasteiger charge is -2.36. The van der Waals surface area contributed by atoms with Gasteiger partial charge in [-0.1, -0.05) is 30.3 Å². The van der Waals surface area contributed by atoms with Crippen molar-refractivity contribution < 1.29 is 18.3 Å². The molecule has 0 aliphatic carbocycles. The first-order valence-electron chi connectivity index (χ1n) is 7.20. The Morgan fingerprint density at radius 1 is 1.04 bits per heavy atom. The van der Waals surface area contributed by atoms with Crippen molar-refractivity contribution in [3.05, 3.63) is 42.0 Å². The van der Waals surface area contributed by atoms with E-state index >= 15 is 0 Å². The van der Waals surface area contributed by atoms with Crippen molar-refractivity contribution in [2.45, 2.75) is 12.2 Å². The molecule has 126 valence electrons. The summed E-state index contributed by atoms with van der Waals surface area (Å²) in [6, 6.07) is 8.04. The smallest absolute Gasteiger partial charge is 0.408 e. The van der Waals surface area contributed by atoms with E-state index in [0.29, 0.717) is 37.0 Å². The zero-order valence-corrected chi connectivity index (χ0v) is 13.1. The van der Waals surface area contributed by atoms with Crippen LogP contribution in [0.2, 0.25) is 0 Å². The molecule has 3 nitrogen and oxygen atoms in total. The van der Waals surface area contributed by atoms with Crippen molar-refractivity contribution in [1.82, 2.24) is 10.2 Å². The van der Waals surface area contributed by atoms with Crippen LogP contribution in [0.5, 0.6) is 5.75 Å². The molecule has 0 bridgehead atoms. The molecule has 23 heavy (non-hydrogen) atoms. The first-order valence-corrected chi connectivity index (χ1v) is 7.20. The van der Waals surface area contributed by atoms with Gasteiger partial charge in [0.15, 0.2) is 0 Å². The van der Waals surface area contributed by atoms with Crippen molar-refractivity contribution in [3.8, 4) is 5.75 Å². The van der Waals surface area contributed by atoms with Crippen molar-refractivity contribution in [2.24, 2.45) is 0 Å². The second-order valence-electron chi connectivity index (χ2n) is 5.45. The van der Waals surface area contributed by atoms with Gasteiger partial charge in [-0.25, -0.2) is 0 Å². The molecule has 0 amide bonds. The topological polar surface area (TPSA) is 35.5 Å². The van der Waals surface area contributed by atoms with Gasteiger partial charge in [-0.3, -0.25) is 4.90 Å². The van der Waals surface area contributed by atoms with Gasteiger partial charge < -0.3 is 10.4 Å². The van der Waals surface area contributed by atoms with Crippen LogP contribution < -0.4 is 5.32 Å². The maximum absolute atomic E-state index is 13.7. The number of rotatable bonds is 2. The van der Waals surface area contributed by atoms with Gasteiger partial charge in [0.1, 0.15) is 11.8 Å². The highest BCUT2D eigenvalue weighted by atomic mass is 35.5. The third-order valence-electron chi connectivity index (χ3n) is 4.05. The van der Waals surface area contributed by atoms with Crippen LogP contribution in [-0.4, -0.2) is 42.4 Å². The summed E-state index contributed by atoms with van der Waals surface area (Å²) < 4.78 is 41.2. The van der Waals surface area contributed by atoms with Crippen LogP contribution in [-0.2, 0) is 0 Å². The molecule has 2 N–H and O–H groups in total. The number of nitrogens with zero attached hydrogens (tertiary/aromatic N) is 1. The normalized spacial score (nSPS) is 17.7. The molecule has 3 rings (SSSR count). The molecule has 0 radical (unpaired) electrons.